The lowest BCUT2D eigenvalue weighted by molar-refractivity contribution is 0.150. The summed E-state index contributed by atoms with van der Waals surface area (Å²) in [6, 6.07) is 8.36. The fourth-order valence-electron chi connectivity index (χ4n) is 2.33. The van der Waals surface area contributed by atoms with Gasteiger partial charge in [0.15, 0.2) is 0 Å². The first-order chi connectivity index (χ1) is 8.84. The number of hydrogen-bond acceptors (Lipinski definition) is 3. The van der Waals surface area contributed by atoms with Gasteiger partial charge in [-0.2, -0.15) is 0 Å². The summed E-state index contributed by atoms with van der Waals surface area (Å²) in [6.07, 6.45) is 2.89. The highest BCUT2D eigenvalue weighted by Gasteiger charge is 2.14. The van der Waals surface area contributed by atoms with Crippen molar-refractivity contribution in [2.75, 3.05) is 19.8 Å². The van der Waals surface area contributed by atoms with Gasteiger partial charge in [0.1, 0.15) is 0 Å². The number of hydrogen-bond donors (Lipinski definition) is 1. The molecule has 0 amide bonds. The Hall–Kier alpha value is -1.16. The summed E-state index contributed by atoms with van der Waals surface area (Å²) in [7, 11) is 0. The third kappa shape index (κ3) is 2.34. The third-order valence-corrected chi connectivity index (χ3v) is 3.58. The molecule has 1 aromatic carbocycles. The summed E-state index contributed by atoms with van der Waals surface area (Å²) in [5.41, 5.74) is 2.07. The van der Waals surface area contributed by atoms with Gasteiger partial charge in [0.05, 0.1) is 17.1 Å². The number of fused-ring (bicyclic) bond motifs is 1. The van der Waals surface area contributed by atoms with Crippen molar-refractivity contribution in [1.29, 1.82) is 0 Å². The van der Waals surface area contributed by atoms with Gasteiger partial charge in [-0.15, -0.1) is 0 Å². The van der Waals surface area contributed by atoms with Gasteiger partial charge in [-0.3, -0.25) is 4.98 Å². The van der Waals surface area contributed by atoms with E-state index < -0.39 is 0 Å². The number of para-hydroxylation sites is 1. The van der Waals surface area contributed by atoms with Gasteiger partial charge in [0.2, 0.25) is 0 Å². The molecule has 1 aliphatic heterocycles. The Morgan fingerprint density at radius 3 is 3.22 bits per heavy atom. The number of rotatable bonds is 1. The predicted octanol–water partition coefficient (Wildman–Crippen LogP) is 2.94. The fraction of sp³-hybridized carbons (Fsp3) is 0.357. The summed E-state index contributed by atoms with van der Waals surface area (Å²) in [6.45, 7) is 2.47. The number of halogens is 1. The second-order valence-electron chi connectivity index (χ2n) is 4.49. The van der Waals surface area contributed by atoms with Crippen LogP contribution in [-0.4, -0.2) is 24.7 Å². The molecule has 0 aliphatic carbocycles. The first-order valence-corrected chi connectivity index (χ1v) is 6.58. The second kappa shape index (κ2) is 5.22. The summed E-state index contributed by atoms with van der Waals surface area (Å²) < 4.78 is 5.45. The van der Waals surface area contributed by atoms with Crippen LogP contribution in [0.4, 0.5) is 0 Å². The molecule has 1 saturated heterocycles. The van der Waals surface area contributed by atoms with Crippen LogP contribution in [0.25, 0.3) is 10.9 Å². The summed E-state index contributed by atoms with van der Waals surface area (Å²) in [5.74, 6) is 0. The minimum Gasteiger partial charge on any atom is -0.380 e. The second-order valence-corrected chi connectivity index (χ2v) is 4.90. The SMILES string of the molecule is Clc1cccc2cc(C3CCOCCN3)cnc12. The summed E-state index contributed by atoms with van der Waals surface area (Å²) in [4.78, 5) is 4.47. The number of pyridine rings is 1. The Morgan fingerprint density at radius 1 is 1.33 bits per heavy atom. The van der Waals surface area contributed by atoms with Crippen molar-refractivity contribution in [1.82, 2.24) is 10.3 Å². The highest BCUT2D eigenvalue weighted by atomic mass is 35.5. The average Bonchev–Trinajstić information content (AvgIpc) is 2.67. The van der Waals surface area contributed by atoms with Gasteiger partial charge < -0.3 is 10.1 Å². The molecule has 3 rings (SSSR count). The van der Waals surface area contributed by atoms with Crippen molar-refractivity contribution in [3.8, 4) is 0 Å². The van der Waals surface area contributed by atoms with Gasteiger partial charge in [0.25, 0.3) is 0 Å². The smallest absolute Gasteiger partial charge is 0.0888 e. The molecule has 0 spiro atoms. The fourth-order valence-corrected chi connectivity index (χ4v) is 2.56. The van der Waals surface area contributed by atoms with Crippen molar-refractivity contribution in [2.45, 2.75) is 12.5 Å². The first-order valence-electron chi connectivity index (χ1n) is 6.20. The van der Waals surface area contributed by atoms with Crippen LogP contribution in [-0.2, 0) is 4.74 Å². The highest BCUT2D eigenvalue weighted by molar-refractivity contribution is 6.35. The zero-order valence-electron chi connectivity index (χ0n) is 10.0. The minimum absolute atomic E-state index is 0.323. The maximum atomic E-state index is 6.12. The van der Waals surface area contributed by atoms with Crippen molar-refractivity contribution in [3.63, 3.8) is 0 Å². The molecule has 1 aromatic heterocycles. The summed E-state index contributed by atoms with van der Waals surface area (Å²) >= 11 is 6.12. The third-order valence-electron chi connectivity index (χ3n) is 3.27. The van der Waals surface area contributed by atoms with Gasteiger partial charge in [-0.05, 0) is 24.1 Å². The van der Waals surface area contributed by atoms with Crippen LogP contribution in [0, 0.1) is 0 Å². The van der Waals surface area contributed by atoms with E-state index in [1.54, 1.807) is 0 Å². The number of aromatic nitrogens is 1. The molecule has 0 radical (unpaired) electrons. The standard InChI is InChI=1S/C14H15ClN2O/c15-12-3-1-2-10-8-11(9-17-14(10)12)13-4-6-18-7-5-16-13/h1-3,8-9,13,16H,4-7H2. The topological polar surface area (TPSA) is 34.1 Å². The number of nitrogens with one attached hydrogen (secondary N) is 1. The number of benzene rings is 1. The molecular weight excluding hydrogens is 248 g/mol. The molecule has 3 nitrogen and oxygen atoms in total. The molecule has 1 atom stereocenters. The predicted molar refractivity (Wildman–Crippen MR) is 72.9 cm³/mol. The minimum atomic E-state index is 0.323. The largest absolute Gasteiger partial charge is 0.380 e. The van der Waals surface area contributed by atoms with Crippen molar-refractivity contribution < 1.29 is 4.74 Å². The van der Waals surface area contributed by atoms with E-state index in [0.29, 0.717) is 11.1 Å². The van der Waals surface area contributed by atoms with Crippen LogP contribution in [0.1, 0.15) is 18.0 Å². The normalized spacial score (nSPS) is 20.8. The molecule has 0 saturated carbocycles. The monoisotopic (exact) mass is 262 g/mol. The number of ether oxygens (including phenoxy) is 1. The lowest BCUT2D eigenvalue weighted by Gasteiger charge is -2.15. The van der Waals surface area contributed by atoms with Crippen LogP contribution in [0.2, 0.25) is 5.02 Å². The van der Waals surface area contributed by atoms with Crippen LogP contribution < -0.4 is 5.32 Å². The molecule has 2 heterocycles. The maximum absolute atomic E-state index is 6.12. The Morgan fingerprint density at radius 2 is 2.28 bits per heavy atom. The molecule has 4 heteroatoms. The Bertz CT molecular complexity index is 550. The van der Waals surface area contributed by atoms with E-state index in [9.17, 15) is 0 Å². The lowest BCUT2D eigenvalue weighted by atomic mass is 10.0. The van der Waals surface area contributed by atoms with E-state index in [1.165, 1.54) is 5.56 Å². The highest BCUT2D eigenvalue weighted by Crippen LogP contribution is 2.25. The van der Waals surface area contributed by atoms with Crippen LogP contribution in [0.3, 0.4) is 0 Å². The summed E-state index contributed by atoms with van der Waals surface area (Å²) in [5, 5.41) is 5.27. The number of nitrogens with zero attached hydrogens (tertiary/aromatic N) is 1. The molecule has 1 aliphatic rings. The van der Waals surface area contributed by atoms with E-state index in [1.807, 2.05) is 24.4 Å². The van der Waals surface area contributed by atoms with Gasteiger partial charge in [-0.1, -0.05) is 23.7 Å². The molecule has 1 unspecified atom stereocenters. The van der Waals surface area contributed by atoms with Crippen molar-refractivity contribution in [2.24, 2.45) is 0 Å². The van der Waals surface area contributed by atoms with E-state index in [2.05, 4.69) is 16.4 Å². The molecule has 2 aromatic rings. The zero-order valence-corrected chi connectivity index (χ0v) is 10.8. The molecule has 1 N–H and O–H groups in total. The molecule has 1 fully saturated rings. The van der Waals surface area contributed by atoms with Gasteiger partial charge >= 0.3 is 0 Å². The first kappa shape index (κ1) is 11.9. The molecule has 94 valence electrons. The van der Waals surface area contributed by atoms with Crippen LogP contribution >= 0.6 is 11.6 Å². The van der Waals surface area contributed by atoms with Crippen LogP contribution in [0.5, 0.6) is 0 Å². The van der Waals surface area contributed by atoms with Crippen molar-refractivity contribution in [3.05, 3.63) is 41.0 Å². The average molecular weight is 263 g/mol. The maximum Gasteiger partial charge on any atom is 0.0888 e. The van der Waals surface area contributed by atoms with Crippen molar-refractivity contribution >= 4 is 22.5 Å². The van der Waals surface area contributed by atoms with E-state index in [-0.39, 0.29) is 0 Å². The zero-order chi connectivity index (χ0) is 12.4. The molecule has 18 heavy (non-hydrogen) atoms. The van der Waals surface area contributed by atoms with Gasteiger partial charge in [-0.25, -0.2) is 0 Å². The Labute approximate surface area is 111 Å². The molecule has 0 bridgehead atoms. The van der Waals surface area contributed by atoms with Crippen LogP contribution in [0.15, 0.2) is 30.5 Å². The quantitative estimate of drug-likeness (QED) is 0.858. The van der Waals surface area contributed by atoms with E-state index in [0.717, 1.165) is 37.1 Å². The Kier molecular flexibility index (Phi) is 3.46. The lowest BCUT2D eigenvalue weighted by Crippen LogP contribution is -2.22. The Balaban J connectivity index is 1.97. The van der Waals surface area contributed by atoms with E-state index in [4.69, 9.17) is 16.3 Å². The van der Waals surface area contributed by atoms with Gasteiger partial charge in [0, 0.05) is 30.8 Å². The van der Waals surface area contributed by atoms with E-state index >= 15 is 0 Å². The molecular formula is C14H15ClN2O.